The zero-order valence-electron chi connectivity index (χ0n) is 17.2. The molecule has 2 aromatic heterocycles. The number of fused-ring (bicyclic) bond motifs is 1. The van der Waals surface area contributed by atoms with E-state index in [9.17, 15) is 4.79 Å². The first-order valence-electron chi connectivity index (χ1n) is 10.2. The van der Waals surface area contributed by atoms with Crippen LogP contribution in [0.5, 0.6) is 0 Å². The average molecular weight is 380 g/mol. The molecule has 0 saturated carbocycles. The van der Waals surface area contributed by atoms with Crippen LogP contribution in [0.3, 0.4) is 0 Å². The fourth-order valence-corrected chi connectivity index (χ4v) is 4.21. The van der Waals surface area contributed by atoms with E-state index in [4.69, 9.17) is 4.98 Å². The predicted molar refractivity (Wildman–Crippen MR) is 110 cm³/mol. The number of benzene rings is 1. The highest BCUT2D eigenvalue weighted by molar-refractivity contribution is 5.78. The molecule has 3 heterocycles. The number of hydrogen-bond acceptors (Lipinski definition) is 3. The van der Waals surface area contributed by atoms with Gasteiger partial charge in [-0.15, -0.1) is 0 Å². The third kappa shape index (κ3) is 3.55. The van der Waals surface area contributed by atoms with Crippen molar-refractivity contribution in [2.45, 2.75) is 66.0 Å². The number of carbonyl (C=O) groups excluding carboxylic acids is 1. The van der Waals surface area contributed by atoms with Gasteiger partial charge in [0.1, 0.15) is 5.82 Å². The molecule has 1 saturated heterocycles. The van der Waals surface area contributed by atoms with Gasteiger partial charge in [0.15, 0.2) is 0 Å². The van der Waals surface area contributed by atoms with Crippen molar-refractivity contribution in [3.8, 4) is 0 Å². The molecule has 1 aliphatic heterocycles. The van der Waals surface area contributed by atoms with Crippen LogP contribution < -0.4 is 0 Å². The number of carbonyl (C=O) groups is 1. The van der Waals surface area contributed by atoms with E-state index in [1.165, 1.54) is 11.1 Å². The quantitative estimate of drug-likeness (QED) is 0.741. The van der Waals surface area contributed by atoms with E-state index in [1.54, 1.807) is 0 Å². The number of nitrogens with one attached hydrogen (secondary N) is 1. The maximum atomic E-state index is 13.0. The second-order valence-electron chi connectivity index (χ2n) is 8.07. The average Bonchev–Trinajstić information content (AvgIpc) is 3.22. The first kappa shape index (κ1) is 18.7. The summed E-state index contributed by atoms with van der Waals surface area (Å²) >= 11 is 0. The van der Waals surface area contributed by atoms with Crippen LogP contribution in [0.4, 0.5) is 0 Å². The molecule has 1 fully saturated rings. The summed E-state index contributed by atoms with van der Waals surface area (Å²) in [7, 11) is 0. The maximum Gasteiger partial charge on any atom is 0.225 e. The van der Waals surface area contributed by atoms with Gasteiger partial charge < -0.3 is 9.88 Å². The molecule has 0 bridgehead atoms. The Morgan fingerprint density at radius 1 is 1.14 bits per heavy atom. The second kappa shape index (κ2) is 7.41. The molecule has 1 atom stereocenters. The zero-order chi connectivity index (χ0) is 19.8. The minimum atomic E-state index is 0.0368. The first-order chi connectivity index (χ1) is 13.4. The summed E-state index contributed by atoms with van der Waals surface area (Å²) in [4.78, 5) is 23.4. The van der Waals surface area contributed by atoms with E-state index in [0.717, 1.165) is 54.1 Å². The summed E-state index contributed by atoms with van der Waals surface area (Å²) in [5, 5.41) is 4.48. The Kier molecular flexibility index (Phi) is 4.96. The summed E-state index contributed by atoms with van der Waals surface area (Å²) in [5.41, 5.74) is 6.63. The first-order valence-corrected chi connectivity index (χ1v) is 10.2. The highest BCUT2D eigenvalue weighted by atomic mass is 16.2. The number of hydrogen-bond donors (Lipinski definition) is 1. The molecule has 0 unspecified atom stereocenters. The van der Waals surface area contributed by atoms with Gasteiger partial charge in [0.25, 0.3) is 0 Å². The number of aromatic amines is 1. The fourth-order valence-electron chi connectivity index (χ4n) is 4.21. The molecule has 1 N–H and O–H groups in total. The number of H-pyrrole nitrogens is 1. The standard InChI is InChI=1S/C22H29N5O/c1-14-11-18-19(12-15(14)2)24-22(23-18)20-7-5-6-9-26(20)21(28)8-10-27-17(4)13-16(3)25-27/h11-13,20H,5-10H2,1-4H3,(H,23,24)/t20-/m0/s1. The lowest BCUT2D eigenvalue weighted by Crippen LogP contribution is -2.39. The minimum Gasteiger partial charge on any atom is -0.340 e. The van der Waals surface area contributed by atoms with Gasteiger partial charge in [-0.3, -0.25) is 9.48 Å². The molecule has 148 valence electrons. The molecule has 4 rings (SSSR count). The summed E-state index contributed by atoms with van der Waals surface area (Å²) < 4.78 is 1.93. The third-order valence-corrected chi connectivity index (χ3v) is 5.90. The van der Waals surface area contributed by atoms with Gasteiger partial charge in [-0.05, 0) is 76.3 Å². The number of imidazole rings is 1. The Hall–Kier alpha value is -2.63. The number of rotatable bonds is 4. The molecular weight excluding hydrogens is 350 g/mol. The van der Waals surface area contributed by atoms with Gasteiger partial charge in [0, 0.05) is 25.2 Å². The van der Waals surface area contributed by atoms with Crippen LogP contribution in [-0.2, 0) is 11.3 Å². The third-order valence-electron chi connectivity index (χ3n) is 5.90. The lowest BCUT2D eigenvalue weighted by atomic mass is 10.0. The summed E-state index contributed by atoms with van der Waals surface area (Å²) in [6.45, 7) is 9.67. The van der Waals surface area contributed by atoms with Crippen molar-refractivity contribution in [3.05, 3.63) is 46.5 Å². The Labute approximate surface area is 166 Å². The van der Waals surface area contributed by atoms with E-state index < -0.39 is 0 Å². The molecule has 1 amide bonds. The molecule has 28 heavy (non-hydrogen) atoms. The van der Waals surface area contributed by atoms with Gasteiger partial charge in [0.2, 0.25) is 5.91 Å². The molecule has 0 spiro atoms. The molecule has 1 aliphatic rings. The van der Waals surface area contributed by atoms with Gasteiger partial charge in [-0.1, -0.05) is 0 Å². The Bertz CT molecular complexity index is 977. The van der Waals surface area contributed by atoms with E-state index in [1.807, 2.05) is 29.5 Å². The molecule has 6 nitrogen and oxygen atoms in total. The van der Waals surface area contributed by atoms with Crippen LogP contribution in [0.15, 0.2) is 18.2 Å². The zero-order valence-corrected chi connectivity index (χ0v) is 17.2. The molecule has 3 aromatic rings. The van der Waals surface area contributed by atoms with Crippen LogP contribution in [0.25, 0.3) is 11.0 Å². The normalized spacial score (nSPS) is 17.4. The second-order valence-corrected chi connectivity index (χ2v) is 8.07. The van der Waals surface area contributed by atoms with Crippen molar-refractivity contribution in [1.29, 1.82) is 0 Å². The van der Waals surface area contributed by atoms with Gasteiger partial charge in [-0.2, -0.15) is 5.10 Å². The summed E-state index contributed by atoms with van der Waals surface area (Å²) in [6, 6.07) is 6.36. The summed E-state index contributed by atoms with van der Waals surface area (Å²) in [5.74, 6) is 1.10. The van der Waals surface area contributed by atoms with E-state index in [-0.39, 0.29) is 11.9 Å². The Balaban J connectivity index is 1.54. The molecular formula is C22H29N5O. The number of aryl methyl sites for hydroxylation is 5. The van der Waals surface area contributed by atoms with Crippen molar-refractivity contribution >= 4 is 16.9 Å². The lowest BCUT2D eigenvalue weighted by molar-refractivity contribution is -0.135. The SMILES string of the molecule is Cc1cc(C)n(CCC(=O)N2CCCC[C@H]2c2nc3cc(C)c(C)cc3[nH]2)n1. The van der Waals surface area contributed by atoms with Crippen LogP contribution in [-0.4, -0.2) is 37.1 Å². The largest absolute Gasteiger partial charge is 0.340 e. The molecule has 0 radical (unpaired) electrons. The van der Waals surface area contributed by atoms with Crippen molar-refractivity contribution < 1.29 is 4.79 Å². The van der Waals surface area contributed by atoms with Crippen molar-refractivity contribution in [3.63, 3.8) is 0 Å². The van der Waals surface area contributed by atoms with Crippen molar-refractivity contribution in [2.75, 3.05) is 6.54 Å². The van der Waals surface area contributed by atoms with Gasteiger partial charge >= 0.3 is 0 Å². The number of piperidine rings is 1. The van der Waals surface area contributed by atoms with Crippen LogP contribution >= 0.6 is 0 Å². The number of nitrogens with zero attached hydrogens (tertiary/aromatic N) is 4. The molecule has 0 aliphatic carbocycles. The van der Waals surface area contributed by atoms with Crippen LogP contribution in [0.2, 0.25) is 0 Å². The van der Waals surface area contributed by atoms with Gasteiger partial charge in [0.05, 0.1) is 22.8 Å². The highest BCUT2D eigenvalue weighted by Gasteiger charge is 2.30. The number of likely N-dealkylation sites (tertiary alicyclic amines) is 1. The monoisotopic (exact) mass is 379 g/mol. The van der Waals surface area contributed by atoms with Crippen molar-refractivity contribution in [2.24, 2.45) is 0 Å². The maximum absolute atomic E-state index is 13.0. The number of amides is 1. The highest BCUT2D eigenvalue weighted by Crippen LogP contribution is 2.31. The smallest absolute Gasteiger partial charge is 0.225 e. The summed E-state index contributed by atoms with van der Waals surface area (Å²) in [6.07, 6.45) is 3.61. The Morgan fingerprint density at radius 3 is 2.68 bits per heavy atom. The Morgan fingerprint density at radius 2 is 1.93 bits per heavy atom. The lowest BCUT2D eigenvalue weighted by Gasteiger charge is -2.34. The molecule has 6 heteroatoms. The topological polar surface area (TPSA) is 66.8 Å². The van der Waals surface area contributed by atoms with Crippen molar-refractivity contribution in [1.82, 2.24) is 24.6 Å². The number of aromatic nitrogens is 4. The predicted octanol–water partition coefficient (Wildman–Crippen LogP) is 4.14. The fraction of sp³-hybridized carbons (Fsp3) is 0.500. The van der Waals surface area contributed by atoms with Crippen LogP contribution in [0.1, 0.15) is 60.1 Å². The van der Waals surface area contributed by atoms with Gasteiger partial charge in [-0.25, -0.2) is 4.98 Å². The molecule has 1 aromatic carbocycles. The van der Waals surface area contributed by atoms with E-state index in [2.05, 4.69) is 36.1 Å². The van der Waals surface area contributed by atoms with Crippen LogP contribution in [0, 0.1) is 27.7 Å². The minimum absolute atomic E-state index is 0.0368. The van der Waals surface area contributed by atoms with E-state index in [0.29, 0.717) is 13.0 Å². The van der Waals surface area contributed by atoms with E-state index >= 15 is 0 Å².